The van der Waals surface area contributed by atoms with Crippen LogP contribution in [-0.4, -0.2) is 38.8 Å². The fraction of sp³-hybridized carbons (Fsp3) is 0.762. The molecule has 3 atom stereocenters. The van der Waals surface area contributed by atoms with Crippen LogP contribution in [0.3, 0.4) is 0 Å². The van der Waals surface area contributed by atoms with Crippen LogP contribution in [0.5, 0.6) is 0 Å². The number of carbonyl (C=O) groups is 1. The number of carboxylic acids is 1. The first-order valence-electron chi connectivity index (χ1n) is 10.0. The number of hydrogen-bond donors (Lipinski definition) is 4. The smallest absolute Gasteiger partial charge is 0.364 e. The van der Waals surface area contributed by atoms with Gasteiger partial charge in [0.05, 0.1) is 0 Å². The normalized spacial score (nSPS) is 24.1. The van der Waals surface area contributed by atoms with Gasteiger partial charge < -0.3 is 20.4 Å². The average Bonchev–Trinajstić information content (AvgIpc) is 2.99. The van der Waals surface area contributed by atoms with E-state index in [-0.39, 0.29) is 13.0 Å². The summed E-state index contributed by atoms with van der Waals surface area (Å²) in [5.41, 5.74) is 0. The Labute approximate surface area is 157 Å². The van der Waals surface area contributed by atoms with Crippen LogP contribution >= 0.6 is 0 Å². The summed E-state index contributed by atoms with van der Waals surface area (Å²) in [5.74, 6) is -3.05. The topological polar surface area (TPSA) is 98.0 Å². The molecule has 0 aromatic heterocycles. The van der Waals surface area contributed by atoms with Crippen molar-refractivity contribution in [3.8, 4) is 0 Å². The maximum absolute atomic E-state index is 10.6. The van der Waals surface area contributed by atoms with Crippen LogP contribution in [0.25, 0.3) is 0 Å². The average molecular weight is 369 g/mol. The van der Waals surface area contributed by atoms with Gasteiger partial charge in [0.2, 0.25) is 0 Å². The molecule has 0 aromatic carbocycles. The van der Waals surface area contributed by atoms with Gasteiger partial charge in [0.15, 0.2) is 0 Å². The van der Waals surface area contributed by atoms with Crippen molar-refractivity contribution in [2.24, 2.45) is 17.8 Å². The quantitative estimate of drug-likeness (QED) is 0.226. The minimum Gasteiger partial charge on any atom is -0.477 e. The van der Waals surface area contributed by atoms with E-state index in [0.717, 1.165) is 25.7 Å². The fourth-order valence-corrected chi connectivity index (χ4v) is 3.72. The second kappa shape index (κ2) is 12.3. The summed E-state index contributed by atoms with van der Waals surface area (Å²) in [7, 11) is 0. The maximum Gasteiger partial charge on any atom is 0.364 e. The minimum atomic E-state index is -2.65. The van der Waals surface area contributed by atoms with Gasteiger partial charge in [0.1, 0.15) is 0 Å². The molecule has 1 saturated carbocycles. The molecular weight excluding hydrogens is 332 g/mol. The SMILES string of the molecule is CCCCCC/C=C/[C@H]1[C@H](CO)CC[C@@H]1C/C=C\CCC(O)(O)C(=O)O. The summed E-state index contributed by atoms with van der Waals surface area (Å²) >= 11 is 0. The van der Waals surface area contributed by atoms with Crippen LogP contribution in [0, 0.1) is 17.8 Å². The molecule has 0 heterocycles. The Kier molecular flexibility index (Phi) is 10.8. The number of aliphatic hydroxyl groups excluding tert-OH is 1. The van der Waals surface area contributed by atoms with E-state index in [1.54, 1.807) is 0 Å². The number of carboxylic acid groups (broad SMARTS) is 1. The van der Waals surface area contributed by atoms with E-state index in [9.17, 15) is 20.1 Å². The van der Waals surface area contributed by atoms with E-state index >= 15 is 0 Å². The van der Waals surface area contributed by atoms with Crippen LogP contribution in [0.15, 0.2) is 24.3 Å². The molecule has 1 rings (SSSR count). The van der Waals surface area contributed by atoms with Crippen LogP contribution in [0.1, 0.15) is 71.1 Å². The Balaban J connectivity index is 2.42. The summed E-state index contributed by atoms with van der Waals surface area (Å²) in [6.45, 7) is 2.43. The number of aliphatic carboxylic acids is 1. The molecule has 0 radical (unpaired) electrons. The van der Waals surface area contributed by atoms with Crippen molar-refractivity contribution < 1.29 is 25.2 Å². The summed E-state index contributed by atoms with van der Waals surface area (Å²) in [6, 6.07) is 0. The molecule has 0 saturated heterocycles. The van der Waals surface area contributed by atoms with Gasteiger partial charge in [0.25, 0.3) is 5.79 Å². The van der Waals surface area contributed by atoms with Crippen molar-refractivity contribution in [3.63, 3.8) is 0 Å². The highest BCUT2D eigenvalue weighted by Gasteiger charge is 2.33. The third-order valence-electron chi connectivity index (χ3n) is 5.42. The van der Waals surface area contributed by atoms with Crippen LogP contribution in [0.2, 0.25) is 0 Å². The van der Waals surface area contributed by atoms with Gasteiger partial charge in [-0.2, -0.15) is 0 Å². The first kappa shape index (κ1) is 22.9. The predicted octanol–water partition coefficient (Wildman–Crippen LogP) is 3.64. The molecule has 1 fully saturated rings. The molecule has 0 aromatic rings. The molecule has 1 aliphatic carbocycles. The number of hydrogen-bond acceptors (Lipinski definition) is 4. The van der Waals surface area contributed by atoms with Crippen molar-refractivity contribution in [2.75, 3.05) is 6.61 Å². The Bertz CT molecular complexity index is 455. The molecule has 5 nitrogen and oxygen atoms in total. The fourth-order valence-electron chi connectivity index (χ4n) is 3.72. The van der Waals surface area contributed by atoms with Gasteiger partial charge in [-0.05, 0) is 56.3 Å². The lowest BCUT2D eigenvalue weighted by molar-refractivity contribution is -0.205. The molecule has 0 aliphatic heterocycles. The van der Waals surface area contributed by atoms with Gasteiger partial charge in [-0.1, -0.05) is 50.5 Å². The van der Waals surface area contributed by atoms with Gasteiger partial charge in [0, 0.05) is 13.0 Å². The summed E-state index contributed by atoms with van der Waals surface area (Å²) in [5, 5.41) is 36.8. The largest absolute Gasteiger partial charge is 0.477 e. The van der Waals surface area contributed by atoms with Crippen molar-refractivity contribution >= 4 is 5.97 Å². The van der Waals surface area contributed by atoms with Gasteiger partial charge in [-0.15, -0.1) is 0 Å². The monoisotopic (exact) mass is 368 g/mol. The molecular formula is C21H36O5. The maximum atomic E-state index is 10.6. The Morgan fingerprint density at radius 1 is 1.04 bits per heavy atom. The summed E-state index contributed by atoms with van der Waals surface area (Å²) in [4.78, 5) is 10.6. The second-order valence-electron chi connectivity index (χ2n) is 7.50. The first-order chi connectivity index (χ1) is 12.4. The molecule has 0 bridgehead atoms. The molecule has 4 N–H and O–H groups in total. The number of unbranched alkanes of at least 4 members (excludes halogenated alkanes) is 4. The third kappa shape index (κ3) is 8.02. The zero-order valence-corrected chi connectivity index (χ0v) is 16.0. The minimum absolute atomic E-state index is 0.218. The van der Waals surface area contributed by atoms with E-state index in [1.165, 1.54) is 25.7 Å². The molecule has 150 valence electrons. The number of rotatable bonds is 13. The lowest BCUT2D eigenvalue weighted by Gasteiger charge is -2.19. The zero-order chi connectivity index (χ0) is 19.4. The lowest BCUT2D eigenvalue weighted by Crippen LogP contribution is -2.37. The number of allylic oxidation sites excluding steroid dienone is 4. The van der Waals surface area contributed by atoms with Gasteiger partial charge in [-0.3, -0.25) is 0 Å². The molecule has 26 heavy (non-hydrogen) atoms. The molecule has 1 aliphatic rings. The molecule has 0 amide bonds. The van der Waals surface area contributed by atoms with Crippen molar-refractivity contribution in [2.45, 2.75) is 76.9 Å². The van der Waals surface area contributed by atoms with Crippen molar-refractivity contribution in [1.82, 2.24) is 0 Å². The highest BCUT2D eigenvalue weighted by molar-refractivity contribution is 5.74. The standard InChI is InChI=1S/C21H36O5/c1-2-3-4-5-6-9-12-19-17(13-14-18(19)16-22)11-8-7-10-15-21(25,26)20(23)24/h7-9,12,17-19,22,25-26H,2-6,10-11,13-16H2,1H3,(H,23,24)/b8-7-,12-9+/t17-,18-,19+/m0/s1. The van der Waals surface area contributed by atoms with E-state index in [1.807, 2.05) is 12.2 Å². The lowest BCUT2D eigenvalue weighted by atomic mass is 9.87. The van der Waals surface area contributed by atoms with Crippen LogP contribution < -0.4 is 0 Å². The zero-order valence-electron chi connectivity index (χ0n) is 16.0. The molecule has 0 spiro atoms. The van der Waals surface area contributed by atoms with Gasteiger partial charge in [-0.25, -0.2) is 4.79 Å². The highest BCUT2D eigenvalue weighted by Crippen LogP contribution is 2.40. The summed E-state index contributed by atoms with van der Waals surface area (Å²) in [6.07, 6.45) is 17.6. The van der Waals surface area contributed by atoms with Crippen LogP contribution in [-0.2, 0) is 4.79 Å². The predicted molar refractivity (Wildman–Crippen MR) is 102 cm³/mol. The van der Waals surface area contributed by atoms with E-state index < -0.39 is 11.8 Å². The van der Waals surface area contributed by atoms with Crippen LogP contribution in [0.4, 0.5) is 0 Å². The first-order valence-corrected chi connectivity index (χ1v) is 10.0. The summed E-state index contributed by atoms with van der Waals surface area (Å²) < 4.78 is 0. The van der Waals surface area contributed by atoms with E-state index in [4.69, 9.17) is 5.11 Å². The van der Waals surface area contributed by atoms with E-state index in [0.29, 0.717) is 24.2 Å². The highest BCUT2D eigenvalue weighted by atomic mass is 16.5. The van der Waals surface area contributed by atoms with E-state index in [2.05, 4.69) is 19.1 Å². The Morgan fingerprint density at radius 2 is 1.77 bits per heavy atom. The Morgan fingerprint density at radius 3 is 2.42 bits per heavy atom. The number of aliphatic hydroxyl groups is 3. The van der Waals surface area contributed by atoms with Gasteiger partial charge >= 0.3 is 5.97 Å². The Hall–Kier alpha value is -1.17. The van der Waals surface area contributed by atoms with Crippen molar-refractivity contribution in [1.29, 1.82) is 0 Å². The third-order valence-corrected chi connectivity index (χ3v) is 5.42. The molecule has 5 heteroatoms. The van der Waals surface area contributed by atoms with Crippen molar-refractivity contribution in [3.05, 3.63) is 24.3 Å². The second-order valence-corrected chi connectivity index (χ2v) is 7.50. The molecule has 0 unspecified atom stereocenters.